The Balaban J connectivity index is 2.18. The molecule has 0 spiro atoms. The first kappa shape index (κ1) is 13.9. The number of hydrogen-bond acceptors (Lipinski definition) is 3. The Kier molecular flexibility index (Phi) is 4.20. The van der Waals surface area contributed by atoms with Crippen LogP contribution in [0.2, 0.25) is 0 Å². The summed E-state index contributed by atoms with van der Waals surface area (Å²) in [6.07, 6.45) is 3.10. The van der Waals surface area contributed by atoms with Crippen molar-refractivity contribution in [1.82, 2.24) is 0 Å². The van der Waals surface area contributed by atoms with Crippen molar-refractivity contribution in [3.8, 4) is 5.75 Å². The minimum Gasteiger partial charge on any atom is -0.507 e. The zero-order chi connectivity index (χ0) is 14.5. The molecule has 3 nitrogen and oxygen atoms in total. The number of aromatic hydroxyl groups is 1. The smallest absolute Gasteiger partial charge is 0.185 e. The van der Waals surface area contributed by atoms with E-state index in [1.54, 1.807) is 30.3 Å². The van der Waals surface area contributed by atoms with Gasteiger partial charge in [-0.2, -0.15) is 0 Å². The average molecular weight is 267 g/mol. The number of ketones is 1. The lowest BCUT2D eigenvalue weighted by atomic mass is 10.1. The number of hydrogen-bond donors (Lipinski definition) is 1. The second-order valence-corrected chi connectivity index (χ2v) is 4.70. The Bertz CT molecular complexity index is 631. The van der Waals surface area contributed by atoms with Crippen LogP contribution in [-0.2, 0) is 0 Å². The summed E-state index contributed by atoms with van der Waals surface area (Å²) in [5.74, 6) is 0.0787. The third-order valence-electron chi connectivity index (χ3n) is 3.00. The zero-order valence-corrected chi connectivity index (χ0v) is 11.6. The van der Waals surface area contributed by atoms with Gasteiger partial charge in [0.1, 0.15) is 5.75 Å². The second-order valence-electron chi connectivity index (χ2n) is 4.70. The summed E-state index contributed by atoms with van der Waals surface area (Å²) in [6, 6.07) is 14.4. The molecule has 3 heteroatoms. The van der Waals surface area contributed by atoms with Crippen molar-refractivity contribution in [3.63, 3.8) is 0 Å². The molecule has 0 unspecified atom stereocenters. The number of benzene rings is 2. The summed E-state index contributed by atoms with van der Waals surface area (Å²) in [5, 5.41) is 9.93. The van der Waals surface area contributed by atoms with Gasteiger partial charge in [0.15, 0.2) is 5.78 Å². The fourth-order valence-corrected chi connectivity index (χ4v) is 1.82. The quantitative estimate of drug-likeness (QED) is 0.682. The highest BCUT2D eigenvalue weighted by molar-refractivity contribution is 6.06. The number of carbonyl (C=O) groups is 1. The van der Waals surface area contributed by atoms with Gasteiger partial charge in [-0.25, -0.2) is 0 Å². The van der Waals surface area contributed by atoms with E-state index in [4.69, 9.17) is 0 Å². The fourth-order valence-electron chi connectivity index (χ4n) is 1.82. The SMILES string of the molecule is CN(C)c1ccc(C=CC(=O)c2ccccc2)c(O)c1. The van der Waals surface area contributed by atoms with E-state index >= 15 is 0 Å². The Hall–Kier alpha value is -2.55. The largest absolute Gasteiger partial charge is 0.507 e. The summed E-state index contributed by atoms with van der Waals surface area (Å²) in [7, 11) is 3.81. The van der Waals surface area contributed by atoms with E-state index in [0.29, 0.717) is 11.1 Å². The Labute approximate surface area is 118 Å². The molecule has 0 saturated heterocycles. The molecule has 102 valence electrons. The van der Waals surface area contributed by atoms with Gasteiger partial charge in [0.05, 0.1) is 0 Å². The molecule has 0 radical (unpaired) electrons. The number of phenols is 1. The third kappa shape index (κ3) is 3.26. The van der Waals surface area contributed by atoms with Crippen LogP contribution in [0.1, 0.15) is 15.9 Å². The van der Waals surface area contributed by atoms with Crippen molar-refractivity contribution in [2.24, 2.45) is 0 Å². The van der Waals surface area contributed by atoms with E-state index in [2.05, 4.69) is 0 Å². The van der Waals surface area contributed by atoms with Crippen molar-refractivity contribution in [2.75, 3.05) is 19.0 Å². The number of nitrogens with zero attached hydrogens (tertiary/aromatic N) is 1. The molecular formula is C17H17NO2. The van der Waals surface area contributed by atoms with Crippen molar-refractivity contribution in [1.29, 1.82) is 0 Å². The molecule has 0 fully saturated rings. The van der Waals surface area contributed by atoms with Crippen LogP contribution in [0, 0.1) is 0 Å². The standard InChI is InChI=1S/C17H17NO2/c1-18(2)15-10-8-14(17(20)12-15)9-11-16(19)13-6-4-3-5-7-13/h3-12,20H,1-2H3. The van der Waals surface area contributed by atoms with Crippen molar-refractivity contribution in [3.05, 3.63) is 65.7 Å². The van der Waals surface area contributed by atoms with Crippen molar-refractivity contribution >= 4 is 17.5 Å². The van der Waals surface area contributed by atoms with E-state index in [0.717, 1.165) is 5.69 Å². The molecule has 0 atom stereocenters. The van der Waals surface area contributed by atoms with Crippen LogP contribution in [0.3, 0.4) is 0 Å². The summed E-state index contributed by atoms with van der Waals surface area (Å²) in [4.78, 5) is 13.8. The highest BCUT2D eigenvalue weighted by Crippen LogP contribution is 2.24. The van der Waals surface area contributed by atoms with Gasteiger partial charge in [0.25, 0.3) is 0 Å². The molecule has 20 heavy (non-hydrogen) atoms. The summed E-state index contributed by atoms with van der Waals surface area (Å²) in [5.41, 5.74) is 2.17. The summed E-state index contributed by atoms with van der Waals surface area (Å²) in [6.45, 7) is 0. The lowest BCUT2D eigenvalue weighted by Crippen LogP contribution is -2.08. The molecule has 0 aliphatic rings. The normalized spacial score (nSPS) is 10.7. The molecule has 2 aromatic rings. The van der Waals surface area contributed by atoms with Gasteiger partial charge >= 0.3 is 0 Å². The van der Waals surface area contributed by atoms with Crippen LogP contribution in [0.15, 0.2) is 54.6 Å². The van der Waals surface area contributed by atoms with Gasteiger partial charge in [-0.15, -0.1) is 0 Å². The number of carbonyl (C=O) groups excluding carboxylic acids is 1. The first-order valence-electron chi connectivity index (χ1n) is 6.36. The Morgan fingerprint density at radius 3 is 2.40 bits per heavy atom. The van der Waals surface area contributed by atoms with E-state index in [1.807, 2.05) is 43.3 Å². The Morgan fingerprint density at radius 1 is 1.10 bits per heavy atom. The minimum atomic E-state index is -0.0818. The fraction of sp³-hybridized carbons (Fsp3) is 0.118. The van der Waals surface area contributed by atoms with Crippen molar-refractivity contribution in [2.45, 2.75) is 0 Å². The van der Waals surface area contributed by atoms with Crippen LogP contribution in [0.4, 0.5) is 5.69 Å². The molecule has 0 amide bonds. The number of rotatable bonds is 4. The monoisotopic (exact) mass is 267 g/mol. The van der Waals surface area contributed by atoms with Crippen LogP contribution in [-0.4, -0.2) is 25.0 Å². The lowest BCUT2D eigenvalue weighted by Gasteiger charge is -2.13. The number of anilines is 1. The topological polar surface area (TPSA) is 40.5 Å². The third-order valence-corrected chi connectivity index (χ3v) is 3.00. The Morgan fingerprint density at radius 2 is 1.80 bits per heavy atom. The lowest BCUT2D eigenvalue weighted by molar-refractivity contribution is 0.104. The summed E-state index contributed by atoms with van der Waals surface area (Å²) >= 11 is 0. The van der Waals surface area contributed by atoms with Gasteiger partial charge in [0.2, 0.25) is 0 Å². The predicted octanol–water partition coefficient (Wildman–Crippen LogP) is 3.35. The van der Waals surface area contributed by atoms with Crippen LogP contribution >= 0.6 is 0 Å². The highest BCUT2D eigenvalue weighted by atomic mass is 16.3. The molecule has 1 N–H and O–H groups in total. The van der Waals surface area contributed by atoms with Crippen LogP contribution in [0.5, 0.6) is 5.75 Å². The van der Waals surface area contributed by atoms with E-state index in [9.17, 15) is 9.90 Å². The molecular weight excluding hydrogens is 250 g/mol. The van der Waals surface area contributed by atoms with Crippen LogP contribution < -0.4 is 4.90 Å². The van der Waals surface area contributed by atoms with Crippen LogP contribution in [0.25, 0.3) is 6.08 Å². The number of allylic oxidation sites excluding steroid dienone is 1. The minimum absolute atomic E-state index is 0.0818. The maximum Gasteiger partial charge on any atom is 0.185 e. The first-order valence-corrected chi connectivity index (χ1v) is 6.36. The molecule has 2 rings (SSSR count). The predicted molar refractivity (Wildman–Crippen MR) is 82.2 cm³/mol. The van der Waals surface area contributed by atoms with Gasteiger partial charge in [0, 0.05) is 37.0 Å². The average Bonchev–Trinajstić information content (AvgIpc) is 2.46. The van der Waals surface area contributed by atoms with Gasteiger partial charge in [-0.3, -0.25) is 4.79 Å². The van der Waals surface area contributed by atoms with Crippen molar-refractivity contribution < 1.29 is 9.90 Å². The molecule has 0 saturated carbocycles. The molecule has 2 aromatic carbocycles. The molecule has 0 aromatic heterocycles. The van der Waals surface area contributed by atoms with Gasteiger partial charge < -0.3 is 10.0 Å². The maximum atomic E-state index is 11.9. The second kappa shape index (κ2) is 6.06. The molecule has 0 aliphatic heterocycles. The van der Waals surface area contributed by atoms with E-state index < -0.39 is 0 Å². The first-order chi connectivity index (χ1) is 9.58. The maximum absolute atomic E-state index is 11.9. The molecule has 0 aliphatic carbocycles. The van der Waals surface area contributed by atoms with Gasteiger partial charge in [-0.05, 0) is 24.3 Å². The highest BCUT2D eigenvalue weighted by Gasteiger charge is 2.03. The van der Waals surface area contributed by atoms with Gasteiger partial charge in [-0.1, -0.05) is 30.3 Å². The van der Waals surface area contributed by atoms with E-state index in [1.165, 1.54) is 6.08 Å². The van der Waals surface area contributed by atoms with E-state index in [-0.39, 0.29) is 11.5 Å². The number of phenolic OH excluding ortho intramolecular Hbond substituents is 1. The zero-order valence-electron chi connectivity index (χ0n) is 11.6. The molecule has 0 heterocycles. The molecule has 0 bridgehead atoms. The summed E-state index contributed by atoms with van der Waals surface area (Å²) < 4.78 is 0.